The van der Waals surface area contributed by atoms with Gasteiger partial charge in [-0.25, -0.2) is 0 Å². The number of phenols is 1. The summed E-state index contributed by atoms with van der Waals surface area (Å²) in [5, 5.41) is 9.38. The molecule has 0 aliphatic heterocycles. The van der Waals surface area contributed by atoms with Gasteiger partial charge in [-0.15, -0.1) is 0 Å². The lowest BCUT2D eigenvalue weighted by Gasteiger charge is -2.20. The summed E-state index contributed by atoms with van der Waals surface area (Å²) >= 11 is 0. The molecule has 6 heteroatoms. The van der Waals surface area contributed by atoms with Gasteiger partial charge < -0.3 is 10.0 Å². The molecule has 110 valence electrons. The molecule has 0 unspecified atom stereocenters. The molecule has 0 atom stereocenters. The molecular weight excluding hydrogens is 283 g/mol. The first-order valence-corrected chi connectivity index (χ1v) is 6.04. The molecule has 0 aliphatic carbocycles. The van der Waals surface area contributed by atoms with Crippen LogP contribution in [0.4, 0.5) is 18.9 Å². The highest BCUT2D eigenvalue weighted by atomic mass is 19.4. The van der Waals surface area contributed by atoms with Gasteiger partial charge >= 0.3 is 6.18 Å². The first-order valence-electron chi connectivity index (χ1n) is 6.04. The molecule has 0 heterocycles. The van der Waals surface area contributed by atoms with Crippen LogP contribution in [0.3, 0.4) is 0 Å². The molecule has 1 amide bonds. The van der Waals surface area contributed by atoms with Crippen LogP contribution in [0.5, 0.6) is 5.75 Å². The average molecular weight is 295 g/mol. The van der Waals surface area contributed by atoms with E-state index in [2.05, 4.69) is 0 Å². The minimum atomic E-state index is -4.61. The molecule has 2 aromatic carbocycles. The maximum Gasteiger partial charge on any atom is 0.417 e. The first kappa shape index (κ1) is 14.9. The molecule has 0 saturated heterocycles. The molecule has 0 saturated carbocycles. The zero-order chi connectivity index (χ0) is 15.6. The molecule has 0 spiro atoms. The molecule has 0 bridgehead atoms. The average Bonchev–Trinajstić information content (AvgIpc) is 2.45. The highest BCUT2D eigenvalue weighted by Crippen LogP contribution is 2.33. The van der Waals surface area contributed by atoms with Gasteiger partial charge in [0.2, 0.25) is 0 Å². The second-order valence-electron chi connectivity index (χ2n) is 4.43. The highest BCUT2D eigenvalue weighted by Gasteiger charge is 2.35. The number of amides is 1. The topological polar surface area (TPSA) is 40.5 Å². The fraction of sp³-hybridized carbons (Fsp3) is 0.133. The Labute approximate surface area is 119 Å². The van der Waals surface area contributed by atoms with E-state index in [4.69, 9.17) is 0 Å². The number of hydrogen-bond acceptors (Lipinski definition) is 2. The zero-order valence-corrected chi connectivity index (χ0v) is 11.1. The second-order valence-corrected chi connectivity index (χ2v) is 4.43. The molecule has 0 aromatic heterocycles. The van der Waals surface area contributed by atoms with Crippen molar-refractivity contribution in [3.05, 3.63) is 59.7 Å². The van der Waals surface area contributed by atoms with Crippen LogP contribution < -0.4 is 4.90 Å². The Hall–Kier alpha value is -2.50. The largest absolute Gasteiger partial charge is 0.508 e. The summed E-state index contributed by atoms with van der Waals surface area (Å²) < 4.78 is 38.8. The predicted octanol–water partition coefficient (Wildman–Crippen LogP) is 3.69. The number of aromatic hydroxyl groups is 1. The SMILES string of the molecule is CN(C(=O)c1ccccc1C(F)(F)F)c1cccc(O)c1. The van der Waals surface area contributed by atoms with E-state index in [0.717, 1.165) is 17.0 Å². The van der Waals surface area contributed by atoms with Crippen LogP contribution >= 0.6 is 0 Å². The van der Waals surface area contributed by atoms with E-state index in [-0.39, 0.29) is 5.75 Å². The summed E-state index contributed by atoms with van der Waals surface area (Å²) in [6.07, 6.45) is -4.61. The Morgan fingerprint density at radius 3 is 2.38 bits per heavy atom. The number of carbonyl (C=O) groups excluding carboxylic acids is 1. The third-order valence-corrected chi connectivity index (χ3v) is 2.98. The molecule has 0 radical (unpaired) electrons. The number of anilines is 1. The fourth-order valence-electron chi connectivity index (χ4n) is 1.92. The van der Waals surface area contributed by atoms with Crippen molar-refractivity contribution in [2.75, 3.05) is 11.9 Å². The van der Waals surface area contributed by atoms with Gasteiger partial charge in [-0.2, -0.15) is 13.2 Å². The Morgan fingerprint density at radius 2 is 1.76 bits per heavy atom. The van der Waals surface area contributed by atoms with E-state index in [1.54, 1.807) is 0 Å². The minimum Gasteiger partial charge on any atom is -0.508 e. The maximum atomic E-state index is 12.9. The Balaban J connectivity index is 2.41. The Bertz CT molecular complexity index is 668. The highest BCUT2D eigenvalue weighted by molar-refractivity contribution is 6.06. The van der Waals surface area contributed by atoms with Gasteiger partial charge in [0.25, 0.3) is 5.91 Å². The van der Waals surface area contributed by atoms with E-state index in [9.17, 15) is 23.1 Å². The smallest absolute Gasteiger partial charge is 0.417 e. The second kappa shape index (κ2) is 5.47. The van der Waals surface area contributed by atoms with Crippen molar-refractivity contribution < 1.29 is 23.1 Å². The van der Waals surface area contributed by atoms with Crippen molar-refractivity contribution in [1.82, 2.24) is 0 Å². The van der Waals surface area contributed by atoms with Gasteiger partial charge in [-0.1, -0.05) is 18.2 Å². The number of alkyl halides is 3. The summed E-state index contributed by atoms with van der Waals surface area (Å²) in [4.78, 5) is 13.3. The van der Waals surface area contributed by atoms with E-state index >= 15 is 0 Å². The van der Waals surface area contributed by atoms with E-state index in [1.165, 1.54) is 43.4 Å². The van der Waals surface area contributed by atoms with E-state index < -0.39 is 23.2 Å². The van der Waals surface area contributed by atoms with Crippen LogP contribution in [0.2, 0.25) is 0 Å². The lowest BCUT2D eigenvalue weighted by molar-refractivity contribution is -0.137. The van der Waals surface area contributed by atoms with E-state index in [0.29, 0.717) is 5.69 Å². The summed E-state index contributed by atoms with van der Waals surface area (Å²) in [7, 11) is 1.35. The molecular formula is C15H12F3NO2. The lowest BCUT2D eigenvalue weighted by Crippen LogP contribution is -2.28. The number of benzene rings is 2. The Kier molecular flexibility index (Phi) is 3.88. The monoisotopic (exact) mass is 295 g/mol. The van der Waals surface area contributed by atoms with Crippen LogP contribution in [0.15, 0.2) is 48.5 Å². The summed E-state index contributed by atoms with van der Waals surface area (Å²) in [6.45, 7) is 0. The van der Waals surface area contributed by atoms with Crippen molar-refractivity contribution in [1.29, 1.82) is 0 Å². The summed E-state index contributed by atoms with van der Waals surface area (Å²) in [5.41, 5.74) is -1.12. The minimum absolute atomic E-state index is 0.0729. The lowest BCUT2D eigenvalue weighted by atomic mass is 10.1. The molecule has 2 aromatic rings. The van der Waals surface area contributed by atoms with Crippen LogP contribution in [-0.4, -0.2) is 18.1 Å². The van der Waals surface area contributed by atoms with Crippen LogP contribution in [0.1, 0.15) is 15.9 Å². The Morgan fingerprint density at radius 1 is 1.10 bits per heavy atom. The zero-order valence-electron chi connectivity index (χ0n) is 11.1. The maximum absolute atomic E-state index is 12.9. The van der Waals surface area contributed by atoms with Crippen molar-refractivity contribution >= 4 is 11.6 Å². The molecule has 21 heavy (non-hydrogen) atoms. The van der Waals surface area contributed by atoms with Gasteiger partial charge in [0, 0.05) is 18.8 Å². The quantitative estimate of drug-likeness (QED) is 0.918. The van der Waals surface area contributed by atoms with Crippen LogP contribution in [-0.2, 0) is 6.18 Å². The number of hydrogen-bond donors (Lipinski definition) is 1. The van der Waals surface area contributed by atoms with Crippen LogP contribution in [0, 0.1) is 0 Å². The van der Waals surface area contributed by atoms with Crippen molar-refractivity contribution in [3.8, 4) is 5.75 Å². The van der Waals surface area contributed by atoms with Crippen LogP contribution in [0.25, 0.3) is 0 Å². The number of nitrogens with zero attached hydrogens (tertiary/aromatic N) is 1. The summed E-state index contributed by atoms with van der Waals surface area (Å²) in [6, 6.07) is 10.3. The van der Waals surface area contributed by atoms with Gasteiger partial charge in [0.1, 0.15) is 5.75 Å². The number of halogens is 3. The van der Waals surface area contributed by atoms with E-state index in [1.807, 2.05) is 0 Å². The van der Waals surface area contributed by atoms with Gasteiger partial charge in [0.15, 0.2) is 0 Å². The fourth-order valence-corrected chi connectivity index (χ4v) is 1.92. The molecule has 0 fully saturated rings. The van der Waals surface area contributed by atoms with Gasteiger partial charge in [0.05, 0.1) is 11.1 Å². The number of phenolic OH excluding ortho intramolecular Hbond substituents is 1. The molecule has 3 nitrogen and oxygen atoms in total. The standard InChI is InChI=1S/C15H12F3NO2/c1-19(10-5-4-6-11(20)9-10)14(21)12-7-2-3-8-13(12)15(16,17)18/h2-9,20H,1H3. The predicted molar refractivity (Wildman–Crippen MR) is 72.3 cm³/mol. The summed E-state index contributed by atoms with van der Waals surface area (Å²) in [5.74, 6) is -0.871. The third kappa shape index (κ3) is 3.16. The molecule has 1 N–H and O–H groups in total. The first-order chi connectivity index (χ1) is 9.80. The van der Waals surface area contributed by atoms with Gasteiger partial charge in [-0.05, 0) is 24.3 Å². The van der Waals surface area contributed by atoms with Crippen molar-refractivity contribution in [2.24, 2.45) is 0 Å². The normalized spacial score (nSPS) is 11.2. The van der Waals surface area contributed by atoms with Crippen molar-refractivity contribution in [2.45, 2.75) is 6.18 Å². The third-order valence-electron chi connectivity index (χ3n) is 2.98. The van der Waals surface area contributed by atoms with Gasteiger partial charge in [-0.3, -0.25) is 4.79 Å². The molecule has 0 aliphatic rings. The molecule has 2 rings (SSSR count). The van der Waals surface area contributed by atoms with Crippen molar-refractivity contribution in [3.63, 3.8) is 0 Å². The number of rotatable bonds is 2. The number of carbonyl (C=O) groups is 1.